The minimum atomic E-state index is -0.260. The molecule has 7 rings (SSSR count). The van der Waals surface area contributed by atoms with Crippen LogP contribution in [0.15, 0.2) is 109 Å². The summed E-state index contributed by atoms with van der Waals surface area (Å²) in [5.41, 5.74) is 8.89. The normalized spacial score (nSPS) is 13.5. The fourth-order valence-corrected chi connectivity index (χ4v) is 6.01. The van der Waals surface area contributed by atoms with Gasteiger partial charge in [0.1, 0.15) is 5.82 Å². The molecule has 5 nitrogen and oxygen atoms in total. The monoisotopic (exact) mass is 538 g/mol. The maximum Gasteiger partial charge on any atom is 0.137 e. The predicted octanol–water partition coefficient (Wildman–Crippen LogP) is 9.06. The number of nitrogens with zero attached hydrogens (tertiary/aromatic N) is 4. The molecule has 4 aromatic carbocycles. The molecule has 6 aromatic rings. The van der Waals surface area contributed by atoms with Crippen LogP contribution in [0.1, 0.15) is 50.3 Å². The second kappa shape index (κ2) is 9.50. The Morgan fingerprint density at radius 1 is 0.707 bits per heavy atom. The van der Waals surface area contributed by atoms with E-state index in [1.165, 1.54) is 38.5 Å². The van der Waals surface area contributed by atoms with E-state index in [9.17, 15) is 0 Å². The van der Waals surface area contributed by atoms with Gasteiger partial charge in [0.2, 0.25) is 0 Å². The summed E-state index contributed by atoms with van der Waals surface area (Å²) >= 11 is 0. The molecule has 41 heavy (non-hydrogen) atoms. The van der Waals surface area contributed by atoms with E-state index < -0.39 is 0 Å². The Morgan fingerprint density at radius 2 is 1.44 bits per heavy atom. The molecular formula is C36H34N4O. The number of hydrogen-bond donors (Lipinski definition) is 0. The first kappa shape index (κ1) is 25.4. The molecule has 1 aliphatic rings. The van der Waals surface area contributed by atoms with Crippen molar-refractivity contribution >= 4 is 38.9 Å². The topological polar surface area (TPSA) is 33.5 Å². The van der Waals surface area contributed by atoms with Crippen LogP contribution in [0, 0.1) is 0 Å². The Kier molecular flexibility index (Phi) is 5.87. The lowest BCUT2D eigenvalue weighted by Gasteiger charge is -2.28. The Labute approximate surface area is 241 Å². The van der Waals surface area contributed by atoms with Crippen LogP contribution < -0.4 is 10.1 Å². The lowest BCUT2D eigenvalue weighted by molar-refractivity contribution is 0.142. The van der Waals surface area contributed by atoms with E-state index in [2.05, 4.69) is 123 Å². The van der Waals surface area contributed by atoms with Crippen LogP contribution in [0.2, 0.25) is 0 Å². The first-order valence-corrected chi connectivity index (χ1v) is 14.2. The number of aromatic nitrogens is 2. The summed E-state index contributed by atoms with van der Waals surface area (Å²) in [4.78, 5) is 11.0. The summed E-state index contributed by atoms with van der Waals surface area (Å²) in [6.45, 7) is 9.04. The molecule has 3 heterocycles. The van der Waals surface area contributed by atoms with Crippen molar-refractivity contribution in [2.45, 2.75) is 39.0 Å². The zero-order valence-electron chi connectivity index (χ0n) is 24.2. The van der Waals surface area contributed by atoms with Gasteiger partial charge < -0.3 is 0 Å². The lowest BCUT2D eigenvalue weighted by Crippen LogP contribution is -2.22. The van der Waals surface area contributed by atoms with E-state index in [0.29, 0.717) is 5.92 Å². The molecule has 2 aromatic heterocycles. The highest BCUT2D eigenvalue weighted by molar-refractivity contribution is 6.09. The first-order chi connectivity index (χ1) is 19.8. The fraction of sp³-hybridized carbons (Fsp3) is 0.194. The van der Waals surface area contributed by atoms with Crippen molar-refractivity contribution in [3.63, 3.8) is 0 Å². The second-order valence-electron chi connectivity index (χ2n) is 11.7. The molecule has 0 spiro atoms. The van der Waals surface area contributed by atoms with Crippen LogP contribution in [0.25, 0.3) is 27.6 Å². The molecule has 0 amide bonds. The summed E-state index contributed by atoms with van der Waals surface area (Å²) in [5.74, 6) is 1.38. The summed E-state index contributed by atoms with van der Waals surface area (Å²) in [6, 6.07) is 36.8. The molecule has 204 valence electrons. The molecule has 0 unspecified atom stereocenters. The highest BCUT2D eigenvalue weighted by Gasteiger charge is 2.29. The minimum absolute atomic E-state index is 0.260. The predicted molar refractivity (Wildman–Crippen MR) is 169 cm³/mol. The average molecular weight is 539 g/mol. The summed E-state index contributed by atoms with van der Waals surface area (Å²) < 4.78 is 2.32. The van der Waals surface area contributed by atoms with E-state index in [1.807, 2.05) is 35.5 Å². The molecule has 0 saturated heterocycles. The van der Waals surface area contributed by atoms with Gasteiger partial charge in [0.15, 0.2) is 0 Å². The van der Waals surface area contributed by atoms with Crippen molar-refractivity contribution in [2.75, 3.05) is 17.2 Å². The zero-order valence-corrected chi connectivity index (χ0v) is 24.2. The van der Waals surface area contributed by atoms with Gasteiger partial charge in [-0.3, -0.25) is 4.57 Å². The van der Waals surface area contributed by atoms with E-state index in [1.54, 1.807) is 0 Å². The van der Waals surface area contributed by atoms with Crippen LogP contribution in [0.5, 0.6) is 0 Å². The number of anilines is 3. The Morgan fingerprint density at radius 3 is 2.27 bits per heavy atom. The van der Waals surface area contributed by atoms with E-state index in [4.69, 9.17) is 9.92 Å². The summed E-state index contributed by atoms with van der Waals surface area (Å²) in [5, 5.41) is 6.18. The first-order valence-electron chi connectivity index (χ1n) is 14.2. The number of hydroxylamine groups is 1. The van der Waals surface area contributed by atoms with Crippen molar-refractivity contribution in [2.24, 2.45) is 0 Å². The Hall–Kier alpha value is -4.61. The zero-order chi connectivity index (χ0) is 28.3. The van der Waals surface area contributed by atoms with Gasteiger partial charge >= 0.3 is 0 Å². The molecule has 0 radical (unpaired) electrons. The van der Waals surface area contributed by atoms with E-state index in [0.717, 1.165) is 22.9 Å². The van der Waals surface area contributed by atoms with Crippen molar-refractivity contribution in [3.8, 4) is 5.82 Å². The summed E-state index contributed by atoms with van der Waals surface area (Å²) in [6.07, 6.45) is 1.93. The van der Waals surface area contributed by atoms with Gasteiger partial charge in [-0.15, -0.1) is 4.94 Å². The summed E-state index contributed by atoms with van der Waals surface area (Å²) in [7, 11) is 1.94. The van der Waals surface area contributed by atoms with Gasteiger partial charge in [-0.25, -0.2) is 10.0 Å². The molecule has 5 heteroatoms. The van der Waals surface area contributed by atoms with Gasteiger partial charge in [-0.1, -0.05) is 82.3 Å². The lowest BCUT2D eigenvalue weighted by atomic mass is 9.77. The van der Waals surface area contributed by atoms with Gasteiger partial charge in [0.05, 0.1) is 28.1 Å². The molecule has 1 aliphatic heterocycles. The van der Waals surface area contributed by atoms with Crippen LogP contribution in [0.3, 0.4) is 0 Å². The molecule has 0 bridgehead atoms. The average Bonchev–Trinajstić information content (AvgIpc) is 3.52. The highest BCUT2D eigenvalue weighted by Crippen LogP contribution is 2.43. The maximum absolute atomic E-state index is 6.13. The van der Waals surface area contributed by atoms with Gasteiger partial charge in [-0.2, -0.15) is 5.06 Å². The van der Waals surface area contributed by atoms with Gasteiger partial charge in [0.25, 0.3) is 0 Å². The molecule has 0 fully saturated rings. The minimum Gasteiger partial charge on any atom is -0.294 e. The number of benzene rings is 4. The van der Waals surface area contributed by atoms with Gasteiger partial charge in [0, 0.05) is 29.4 Å². The Balaban J connectivity index is 1.36. The number of fused-ring (bicyclic) bond motifs is 4. The number of hydrogen-bond acceptors (Lipinski definition) is 4. The molecule has 0 atom stereocenters. The number of rotatable bonds is 5. The SMILES string of the molecule is CC(C)c1ccnc(-n2c3ccccc3c3ccc(C(C)(C)c4cccc(N5ON(C)c6ccccc65)c4)cc32)c1. The highest BCUT2D eigenvalue weighted by atomic mass is 16.8. The third-order valence-electron chi connectivity index (χ3n) is 8.51. The second-order valence-corrected chi connectivity index (χ2v) is 11.7. The Bertz CT molecular complexity index is 1920. The van der Waals surface area contributed by atoms with Gasteiger partial charge in [-0.05, 0) is 71.1 Å². The van der Waals surface area contributed by atoms with Crippen molar-refractivity contribution in [1.82, 2.24) is 9.55 Å². The quantitative estimate of drug-likeness (QED) is 0.219. The van der Waals surface area contributed by atoms with Crippen LogP contribution in [-0.4, -0.2) is 16.6 Å². The van der Waals surface area contributed by atoms with Crippen molar-refractivity contribution in [3.05, 3.63) is 126 Å². The van der Waals surface area contributed by atoms with E-state index in [-0.39, 0.29) is 5.41 Å². The molecule has 0 aliphatic carbocycles. The third-order valence-corrected chi connectivity index (χ3v) is 8.51. The van der Waals surface area contributed by atoms with Crippen molar-refractivity contribution < 1.29 is 4.94 Å². The molecule has 0 N–H and O–H groups in total. The fourth-order valence-electron chi connectivity index (χ4n) is 6.01. The number of pyridine rings is 1. The molecule has 0 saturated carbocycles. The standard InChI is InChI=1S/C36H34N4O/c1-24(2)25-19-20-37-35(21-25)39-31-14-7-6-13-29(31)30-18-17-27(23-34(30)39)36(3,4)26-11-10-12-28(22-26)40-33-16-9-8-15-32(33)38(5)41-40/h6-24H,1-5H3. The third kappa shape index (κ3) is 4.08. The van der Waals surface area contributed by atoms with Crippen LogP contribution >= 0.6 is 0 Å². The smallest absolute Gasteiger partial charge is 0.137 e. The van der Waals surface area contributed by atoms with Crippen LogP contribution in [0.4, 0.5) is 17.1 Å². The van der Waals surface area contributed by atoms with Crippen molar-refractivity contribution in [1.29, 1.82) is 0 Å². The van der Waals surface area contributed by atoms with Crippen LogP contribution in [-0.2, 0) is 10.4 Å². The maximum atomic E-state index is 6.13. The molecular weight excluding hydrogens is 504 g/mol. The van der Waals surface area contributed by atoms with E-state index >= 15 is 0 Å². The number of para-hydroxylation sites is 3. The largest absolute Gasteiger partial charge is 0.294 e.